The summed E-state index contributed by atoms with van der Waals surface area (Å²) in [6.45, 7) is 1.67. The van der Waals surface area contributed by atoms with Crippen LogP contribution in [0.5, 0.6) is 0 Å². The molecule has 0 aliphatic carbocycles. The molecule has 2 aromatic rings. The normalized spacial score (nSPS) is 10.5. The maximum absolute atomic E-state index is 12.2. The molecule has 0 aliphatic heterocycles. The van der Waals surface area contributed by atoms with E-state index in [0.29, 0.717) is 5.69 Å². The third-order valence-corrected chi connectivity index (χ3v) is 2.41. The molecule has 6 heteroatoms. The number of nitrogens with zero attached hydrogens (tertiary/aromatic N) is 4. The van der Waals surface area contributed by atoms with Crippen molar-refractivity contribution in [2.24, 2.45) is 0 Å². The van der Waals surface area contributed by atoms with Crippen molar-refractivity contribution in [1.82, 2.24) is 14.3 Å². The van der Waals surface area contributed by atoms with E-state index < -0.39 is 11.2 Å². The first-order valence-corrected chi connectivity index (χ1v) is 5.53. The van der Waals surface area contributed by atoms with Crippen LogP contribution < -0.4 is 11.2 Å². The van der Waals surface area contributed by atoms with E-state index in [1.165, 1.54) is 6.20 Å². The van der Waals surface area contributed by atoms with Gasteiger partial charge in [0, 0.05) is 6.20 Å². The molecule has 0 radical (unpaired) electrons. The Morgan fingerprint density at radius 1 is 1.26 bits per heavy atom. The Kier molecular flexibility index (Phi) is 3.39. The number of rotatable bonds is 2. The van der Waals surface area contributed by atoms with Crippen molar-refractivity contribution in [3.8, 4) is 11.8 Å². The van der Waals surface area contributed by atoms with Crippen molar-refractivity contribution < 1.29 is 0 Å². The number of hydrogen-bond donors (Lipinski definition) is 0. The molecule has 0 N–H and O–H groups in total. The highest BCUT2D eigenvalue weighted by atomic mass is 16.2. The summed E-state index contributed by atoms with van der Waals surface area (Å²) in [5.41, 5.74) is -1.19. The van der Waals surface area contributed by atoms with Gasteiger partial charge in [-0.15, -0.1) is 5.10 Å². The Morgan fingerprint density at radius 2 is 1.95 bits per heavy atom. The van der Waals surface area contributed by atoms with Crippen molar-refractivity contribution in [1.29, 1.82) is 5.26 Å². The van der Waals surface area contributed by atoms with Gasteiger partial charge in [0.25, 0.3) is 5.56 Å². The Hall–Kier alpha value is -2.94. The van der Waals surface area contributed by atoms with Crippen LogP contribution >= 0.6 is 0 Å². The van der Waals surface area contributed by atoms with Crippen LogP contribution in [-0.4, -0.2) is 14.3 Å². The second-order valence-electron chi connectivity index (χ2n) is 3.65. The second kappa shape index (κ2) is 5.14. The molecule has 0 saturated heterocycles. The predicted molar refractivity (Wildman–Crippen MR) is 69.8 cm³/mol. The molecule has 2 rings (SSSR count). The largest absolute Gasteiger partial charge is 0.356 e. The third-order valence-electron chi connectivity index (χ3n) is 2.41. The van der Waals surface area contributed by atoms with Gasteiger partial charge < -0.3 is 0 Å². The zero-order valence-corrected chi connectivity index (χ0v) is 10.1. The Labute approximate surface area is 108 Å². The van der Waals surface area contributed by atoms with Gasteiger partial charge in [-0.05, 0) is 19.1 Å². The summed E-state index contributed by atoms with van der Waals surface area (Å²) in [5.74, 6) is 0. The van der Waals surface area contributed by atoms with Crippen LogP contribution in [0, 0.1) is 11.3 Å². The van der Waals surface area contributed by atoms with Crippen LogP contribution in [-0.2, 0) is 0 Å². The predicted octanol–water partition coefficient (Wildman–Crippen LogP) is 0.756. The monoisotopic (exact) mass is 254 g/mol. The Balaban J connectivity index is 2.85. The van der Waals surface area contributed by atoms with Gasteiger partial charge in [0.1, 0.15) is 6.07 Å². The van der Waals surface area contributed by atoms with Crippen molar-refractivity contribution in [2.75, 3.05) is 0 Å². The average Bonchev–Trinajstić information content (AvgIpc) is 2.45. The van der Waals surface area contributed by atoms with E-state index >= 15 is 0 Å². The molecule has 1 heterocycles. The number of hydrogen-bond acceptors (Lipinski definition) is 4. The summed E-state index contributed by atoms with van der Waals surface area (Å²) in [5, 5.41) is 12.7. The number of aromatic nitrogens is 3. The van der Waals surface area contributed by atoms with Gasteiger partial charge >= 0.3 is 5.69 Å². The standard InChI is InChI=1S/C13H10N4O2/c1-2-8-16-12(18)11(9-14)15-17(13(16)19)10-6-4-3-5-7-10/h2-8H,1H3. The van der Waals surface area contributed by atoms with Gasteiger partial charge in [0.05, 0.1) is 5.69 Å². The molecular weight excluding hydrogens is 244 g/mol. The molecule has 0 unspecified atom stereocenters. The number of benzene rings is 1. The molecule has 0 saturated carbocycles. The molecule has 0 spiro atoms. The van der Waals surface area contributed by atoms with E-state index in [2.05, 4.69) is 5.10 Å². The van der Waals surface area contributed by atoms with Crippen LogP contribution in [0.15, 0.2) is 46.0 Å². The summed E-state index contributed by atoms with van der Waals surface area (Å²) in [4.78, 5) is 24.0. The van der Waals surface area contributed by atoms with Gasteiger partial charge in [-0.1, -0.05) is 24.3 Å². The first-order valence-electron chi connectivity index (χ1n) is 5.53. The summed E-state index contributed by atoms with van der Waals surface area (Å²) in [6.07, 6.45) is 2.85. The second-order valence-corrected chi connectivity index (χ2v) is 3.65. The highest BCUT2D eigenvalue weighted by Gasteiger charge is 2.12. The lowest BCUT2D eigenvalue weighted by atomic mass is 10.3. The van der Waals surface area contributed by atoms with Crippen LogP contribution in [0.1, 0.15) is 12.6 Å². The molecule has 0 bridgehead atoms. The number of nitriles is 1. The molecule has 1 aromatic carbocycles. The summed E-state index contributed by atoms with van der Waals surface area (Å²) >= 11 is 0. The third kappa shape index (κ3) is 2.21. The van der Waals surface area contributed by atoms with Crippen molar-refractivity contribution in [3.63, 3.8) is 0 Å². The van der Waals surface area contributed by atoms with Crippen LogP contribution in [0.4, 0.5) is 0 Å². The maximum atomic E-state index is 12.2. The first kappa shape index (κ1) is 12.5. The van der Waals surface area contributed by atoms with Gasteiger partial charge in [0.15, 0.2) is 0 Å². The van der Waals surface area contributed by atoms with Crippen LogP contribution in [0.2, 0.25) is 0 Å². The SMILES string of the molecule is CC=Cn1c(=O)c(C#N)nn(-c2ccccc2)c1=O. The minimum absolute atomic E-state index is 0.332. The first-order chi connectivity index (χ1) is 9.19. The lowest BCUT2D eigenvalue weighted by molar-refractivity contribution is 0.705. The van der Waals surface area contributed by atoms with Gasteiger partial charge in [-0.2, -0.15) is 9.94 Å². The Bertz CT molecular complexity index is 779. The molecule has 0 fully saturated rings. The van der Waals surface area contributed by atoms with Crippen LogP contribution in [0.3, 0.4) is 0 Å². The molecule has 1 aromatic heterocycles. The summed E-state index contributed by atoms with van der Waals surface area (Å²) < 4.78 is 1.89. The van der Waals surface area contributed by atoms with E-state index in [1.807, 2.05) is 0 Å². The van der Waals surface area contributed by atoms with E-state index in [9.17, 15) is 9.59 Å². The smallest absolute Gasteiger partial charge is 0.265 e. The molecular formula is C13H10N4O2. The molecule has 0 aliphatic rings. The van der Waals surface area contributed by atoms with E-state index in [4.69, 9.17) is 5.26 Å². The van der Waals surface area contributed by atoms with E-state index in [1.54, 1.807) is 49.4 Å². The molecule has 94 valence electrons. The topological polar surface area (TPSA) is 80.7 Å². The van der Waals surface area contributed by atoms with E-state index in [0.717, 1.165) is 9.25 Å². The summed E-state index contributed by atoms with van der Waals surface area (Å²) in [6, 6.07) is 10.3. The average molecular weight is 254 g/mol. The lowest BCUT2D eigenvalue weighted by Gasteiger charge is -2.06. The fourth-order valence-electron chi connectivity index (χ4n) is 1.58. The van der Waals surface area contributed by atoms with Gasteiger partial charge in [-0.25, -0.2) is 9.36 Å². The fourth-order valence-corrected chi connectivity index (χ4v) is 1.58. The van der Waals surface area contributed by atoms with Gasteiger partial charge in [0.2, 0.25) is 5.69 Å². The summed E-state index contributed by atoms with van der Waals surface area (Å²) in [7, 11) is 0. The molecule has 6 nitrogen and oxygen atoms in total. The maximum Gasteiger partial charge on any atom is 0.356 e. The van der Waals surface area contributed by atoms with Crippen molar-refractivity contribution in [3.05, 3.63) is 62.9 Å². The highest BCUT2D eigenvalue weighted by molar-refractivity contribution is 5.32. The molecule has 0 atom stereocenters. The zero-order chi connectivity index (χ0) is 13.8. The van der Waals surface area contributed by atoms with Gasteiger partial charge in [-0.3, -0.25) is 4.79 Å². The highest BCUT2D eigenvalue weighted by Crippen LogP contribution is 2.01. The number of allylic oxidation sites excluding steroid dienone is 1. The molecule has 19 heavy (non-hydrogen) atoms. The molecule has 0 amide bonds. The minimum atomic E-state index is -0.724. The van der Waals surface area contributed by atoms with Crippen molar-refractivity contribution >= 4 is 6.20 Å². The zero-order valence-electron chi connectivity index (χ0n) is 10.1. The van der Waals surface area contributed by atoms with E-state index in [-0.39, 0.29) is 5.69 Å². The van der Waals surface area contributed by atoms with Crippen molar-refractivity contribution in [2.45, 2.75) is 6.92 Å². The number of para-hydroxylation sites is 1. The fraction of sp³-hybridized carbons (Fsp3) is 0.0769. The van der Waals surface area contributed by atoms with Crippen LogP contribution in [0.25, 0.3) is 11.9 Å². The Morgan fingerprint density at radius 3 is 2.53 bits per heavy atom. The minimum Gasteiger partial charge on any atom is -0.265 e. The lowest BCUT2D eigenvalue weighted by Crippen LogP contribution is -2.39. The quantitative estimate of drug-likeness (QED) is 0.792.